The van der Waals surface area contributed by atoms with Crippen molar-refractivity contribution in [3.05, 3.63) is 23.3 Å². The molecule has 4 aliphatic rings. The minimum Gasteiger partial charge on any atom is -0.461 e. The summed E-state index contributed by atoms with van der Waals surface area (Å²) in [6.07, 6.45) is 14.6. The minimum atomic E-state index is -0.775. The molecule has 0 saturated heterocycles. The van der Waals surface area contributed by atoms with Crippen molar-refractivity contribution in [1.29, 1.82) is 0 Å². The summed E-state index contributed by atoms with van der Waals surface area (Å²) in [4.78, 5) is 24.1. The summed E-state index contributed by atoms with van der Waals surface area (Å²) >= 11 is 1.66. The summed E-state index contributed by atoms with van der Waals surface area (Å²) < 4.78 is 12.3. The number of hydrogen-bond donors (Lipinski definition) is 1. The van der Waals surface area contributed by atoms with E-state index in [1.165, 1.54) is 45.1 Å². The van der Waals surface area contributed by atoms with Gasteiger partial charge in [-0.15, -0.1) is 11.8 Å². The van der Waals surface area contributed by atoms with Gasteiger partial charge in [0.25, 0.3) is 0 Å². The van der Waals surface area contributed by atoms with E-state index in [2.05, 4.69) is 32.9 Å². The molecule has 0 radical (unpaired) electrons. The van der Waals surface area contributed by atoms with Gasteiger partial charge in [0.1, 0.15) is 6.10 Å². The lowest BCUT2D eigenvalue weighted by Crippen LogP contribution is -2.56. The third-order valence-electron chi connectivity index (χ3n) is 11.4. The standard InChI is InChI=1S/C33H52O5S/c1-8-24-13-15-27-26-14-12-25-20-33(38-23(5)35,39-19-11-17-32(36,9-2)10-3)21-29(37-22(4)34)31(25,7)28(26)16-18-30(24,27)6/h12,14,24,27-29,36H,8-11,13,15-21H2,1-7H3/t24-,27-,28+,29-,30+,31-,33-/m0/s1. The third-order valence-corrected chi connectivity index (χ3v) is 12.8. The maximum absolute atomic E-state index is 12.5. The quantitative estimate of drug-likeness (QED) is 0.167. The van der Waals surface area contributed by atoms with Crippen molar-refractivity contribution < 1.29 is 24.2 Å². The van der Waals surface area contributed by atoms with E-state index in [0.717, 1.165) is 43.8 Å². The summed E-state index contributed by atoms with van der Waals surface area (Å²) in [7, 11) is 0. The van der Waals surface area contributed by atoms with Gasteiger partial charge in [0.05, 0.1) is 5.60 Å². The maximum atomic E-state index is 12.5. The summed E-state index contributed by atoms with van der Waals surface area (Å²) in [5.41, 5.74) is 2.24. The molecule has 0 aromatic heterocycles. The molecule has 3 fully saturated rings. The molecule has 220 valence electrons. The molecule has 0 bridgehead atoms. The second kappa shape index (κ2) is 11.5. The van der Waals surface area contributed by atoms with E-state index in [1.807, 2.05) is 13.8 Å². The summed E-state index contributed by atoms with van der Waals surface area (Å²) in [5.74, 6) is 1.92. The second-order valence-electron chi connectivity index (χ2n) is 13.3. The van der Waals surface area contributed by atoms with Crippen LogP contribution in [0.2, 0.25) is 0 Å². The largest absolute Gasteiger partial charge is 0.461 e. The Kier molecular flexibility index (Phi) is 9.08. The fourth-order valence-corrected chi connectivity index (χ4v) is 10.3. The first-order valence-corrected chi connectivity index (χ1v) is 16.5. The molecule has 5 nitrogen and oxygen atoms in total. The van der Waals surface area contributed by atoms with Gasteiger partial charge in [-0.25, -0.2) is 0 Å². The van der Waals surface area contributed by atoms with E-state index >= 15 is 0 Å². The van der Waals surface area contributed by atoms with Gasteiger partial charge in [0.2, 0.25) is 0 Å². The normalized spacial score (nSPS) is 37.6. The number of carbonyl (C=O) groups is 2. The van der Waals surface area contributed by atoms with Crippen LogP contribution in [0.4, 0.5) is 0 Å². The lowest BCUT2D eigenvalue weighted by molar-refractivity contribution is -0.168. The Morgan fingerprint density at radius 1 is 1.05 bits per heavy atom. The van der Waals surface area contributed by atoms with Gasteiger partial charge in [0, 0.05) is 32.1 Å². The topological polar surface area (TPSA) is 72.8 Å². The van der Waals surface area contributed by atoms with E-state index in [1.54, 1.807) is 17.3 Å². The van der Waals surface area contributed by atoms with E-state index in [-0.39, 0.29) is 23.5 Å². The number of esters is 2. The first kappa shape index (κ1) is 30.7. The number of fused-ring (bicyclic) bond motifs is 5. The molecule has 0 spiro atoms. The molecule has 0 aliphatic heterocycles. The highest BCUT2D eigenvalue weighted by atomic mass is 32.2. The third kappa shape index (κ3) is 5.63. The lowest BCUT2D eigenvalue weighted by atomic mass is 9.49. The van der Waals surface area contributed by atoms with Crippen molar-refractivity contribution in [3.63, 3.8) is 0 Å². The molecule has 7 atom stereocenters. The van der Waals surface area contributed by atoms with E-state index in [9.17, 15) is 14.7 Å². The zero-order valence-electron chi connectivity index (χ0n) is 25.4. The Morgan fingerprint density at radius 3 is 2.38 bits per heavy atom. The van der Waals surface area contributed by atoms with Crippen molar-refractivity contribution in [2.24, 2.45) is 28.6 Å². The average molecular weight is 561 g/mol. The predicted molar refractivity (Wildman–Crippen MR) is 158 cm³/mol. The Balaban J connectivity index is 1.65. The number of ether oxygens (including phenoxy) is 2. The van der Waals surface area contributed by atoms with Crippen LogP contribution in [-0.2, 0) is 19.1 Å². The van der Waals surface area contributed by atoms with Gasteiger partial charge in [-0.2, -0.15) is 0 Å². The summed E-state index contributed by atoms with van der Waals surface area (Å²) in [6.45, 7) is 14.2. The van der Waals surface area contributed by atoms with Crippen molar-refractivity contribution in [1.82, 2.24) is 0 Å². The predicted octanol–water partition coefficient (Wildman–Crippen LogP) is 7.76. The molecule has 3 saturated carbocycles. The van der Waals surface area contributed by atoms with Gasteiger partial charge < -0.3 is 14.6 Å². The first-order chi connectivity index (χ1) is 18.4. The fraction of sp³-hybridized carbons (Fsp3) is 0.818. The molecule has 0 aromatic rings. The molecule has 0 amide bonds. The van der Waals surface area contributed by atoms with Gasteiger partial charge in [0.15, 0.2) is 4.93 Å². The average Bonchev–Trinajstić information content (AvgIpc) is 3.23. The van der Waals surface area contributed by atoms with Gasteiger partial charge >= 0.3 is 11.9 Å². The van der Waals surface area contributed by atoms with Gasteiger partial charge in [-0.3, -0.25) is 9.59 Å². The van der Waals surface area contributed by atoms with Crippen molar-refractivity contribution in [2.45, 2.75) is 136 Å². The Morgan fingerprint density at radius 2 is 1.77 bits per heavy atom. The molecule has 39 heavy (non-hydrogen) atoms. The monoisotopic (exact) mass is 560 g/mol. The summed E-state index contributed by atoms with van der Waals surface area (Å²) in [6, 6.07) is 0. The van der Waals surface area contributed by atoms with Crippen LogP contribution in [-0.4, -0.2) is 39.4 Å². The van der Waals surface area contributed by atoms with Crippen molar-refractivity contribution in [2.75, 3.05) is 5.75 Å². The van der Waals surface area contributed by atoms with Crippen molar-refractivity contribution in [3.8, 4) is 0 Å². The van der Waals surface area contributed by atoms with Crippen LogP contribution < -0.4 is 0 Å². The molecule has 4 rings (SSSR count). The van der Waals surface area contributed by atoms with Crippen LogP contribution in [0.1, 0.15) is 119 Å². The number of allylic oxidation sites excluding steroid dienone is 3. The lowest BCUT2D eigenvalue weighted by Gasteiger charge is -2.58. The van der Waals surface area contributed by atoms with Crippen LogP contribution >= 0.6 is 11.8 Å². The fourth-order valence-electron chi connectivity index (χ4n) is 8.90. The van der Waals surface area contributed by atoms with Crippen LogP contribution in [0.25, 0.3) is 0 Å². The maximum Gasteiger partial charge on any atom is 0.304 e. The molecule has 6 heteroatoms. The van der Waals surface area contributed by atoms with Crippen LogP contribution in [0.5, 0.6) is 0 Å². The molecular weight excluding hydrogens is 508 g/mol. The summed E-state index contributed by atoms with van der Waals surface area (Å²) in [5, 5.41) is 10.8. The molecule has 0 aromatic carbocycles. The van der Waals surface area contributed by atoms with Gasteiger partial charge in [-0.1, -0.05) is 64.3 Å². The second-order valence-corrected chi connectivity index (χ2v) is 14.8. The van der Waals surface area contributed by atoms with E-state index in [4.69, 9.17) is 9.47 Å². The zero-order chi connectivity index (χ0) is 28.6. The van der Waals surface area contributed by atoms with Crippen LogP contribution in [0.3, 0.4) is 0 Å². The number of thioether (sulfide) groups is 1. The molecular formula is C33H52O5S. The Hall–Kier alpha value is -1.27. The number of hydrogen-bond acceptors (Lipinski definition) is 6. The van der Waals surface area contributed by atoms with Crippen molar-refractivity contribution >= 4 is 23.7 Å². The molecule has 4 aliphatic carbocycles. The first-order valence-electron chi connectivity index (χ1n) is 15.5. The number of aliphatic hydroxyl groups is 1. The van der Waals surface area contributed by atoms with E-state index < -0.39 is 10.5 Å². The highest BCUT2D eigenvalue weighted by molar-refractivity contribution is 8.00. The Bertz CT molecular complexity index is 998. The highest BCUT2D eigenvalue weighted by Gasteiger charge is 2.61. The number of rotatable bonds is 10. The Labute approximate surface area is 240 Å². The van der Waals surface area contributed by atoms with Crippen LogP contribution in [0.15, 0.2) is 23.3 Å². The smallest absolute Gasteiger partial charge is 0.304 e. The highest BCUT2D eigenvalue weighted by Crippen LogP contribution is 2.67. The molecule has 1 N–H and O–H groups in total. The number of carbonyl (C=O) groups excluding carboxylic acids is 2. The van der Waals surface area contributed by atoms with Gasteiger partial charge in [-0.05, 0) is 80.3 Å². The zero-order valence-corrected chi connectivity index (χ0v) is 26.3. The molecule has 0 heterocycles. The molecule has 0 unspecified atom stereocenters. The SMILES string of the molecule is CC[C@H]1CC[C@H]2C3=CC=C4C[C@](OC(C)=O)(SCCCC(O)(CC)CC)C[C@H](OC(C)=O)[C@]4(C)[C@@H]3CC[C@]12C. The van der Waals surface area contributed by atoms with Crippen LogP contribution in [0, 0.1) is 28.6 Å². The van der Waals surface area contributed by atoms with E-state index in [0.29, 0.717) is 30.1 Å². The minimum absolute atomic E-state index is 0.274.